The summed E-state index contributed by atoms with van der Waals surface area (Å²) in [6, 6.07) is -0.142. The minimum atomic E-state index is -0.585. The van der Waals surface area contributed by atoms with Gasteiger partial charge < -0.3 is 24.5 Å². The molecule has 0 aliphatic carbocycles. The maximum Gasteiger partial charge on any atom is 0.223 e. The monoisotopic (exact) mass is 393 g/mol. The average molecular weight is 394 g/mol. The van der Waals surface area contributed by atoms with Crippen LogP contribution in [0.2, 0.25) is 5.02 Å². The van der Waals surface area contributed by atoms with E-state index in [9.17, 15) is 5.11 Å². The highest BCUT2D eigenvalue weighted by atomic mass is 35.5. The summed E-state index contributed by atoms with van der Waals surface area (Å²) in [5.74, 6) is 1.85. The molecule has 2 saturated heterocycles. The van der Waals surface area contributed by atoms with Gasteiger partial charge in [-0.1, -0.05) is 11.6 Å². The third kappa shape index (κ3) is 3.94. The molecule has 0 radical (unpaired) electrons. The van der Waals surface area contributed by atoms with Crippen molar-refractivity contribution in [3.8, 4) is 11.4 Å². The molecule has 27 heavy (non-hydrogen) atoms. The summed E-state index contributed by atoms with van der Waals surface area (Å²) in [6.07, 6.45) is 5.44. The Kier molecular flexibility index (Phi) is 5.58. The van der Waals surface area contributed by atoms with Gasteiger partial charge in [-0.05, 0) is 19.3 Å². The van der Waals surface area contributed by atoms with Crippen molar-refractivity contribution in [3.05, 3.63) is 23.2 Å². The topological polar surface area (TPSA) is 94.3 Å². The fourth-order valence-corrected chi connectivity index (χ4v) is 3.84. The molecule has 2 atom stereocenters. The summed E-state index contributed by atoms with van der Waals surface area (Å²) in [5.41, 5.74) is 1.48. The van der Waals surface area contributed by atoms with E-state index < -0.39 is 6.10 Å². The third-order valence-electron chi connectivity index (χ3n) is 5.24. The van der Waals surface area contributed by atoms with Crippen LogP contribution in [-0.4, -0.2) is 63.2 Å². The van der Waals surface area contributed by atoms with Crippen LogP contribution in [0.15, 0.2) is 12.4 Å². The molecule has 146 valence electrons. The fourth-order valence-electron chi connectivity index (χ4n) is 3.65. The first kappa shape index (κ1) is 18.6. The first-order chi connectivity index (χ1) is 13.1. The molecule has 0 aromatic carbocycles. The van der Waals surface area contributed by atoms with Crippen molar-refractivity contribution in [1.82, 2.24) is 19.5 Å². The van der Waals surface area contributed by atoms with Crippen molar-refractivity contribution in [2.24, 2.45) is 7.05 Å². The van der Waals surface area contributed by atoms with Gasteiger partial charge in [-0.3, -0.25) is 0 Å². The normalized spacial score (nSPS) is 24.1. The summed E-state index contributed by atoms with van der Waals surface area (Å²) >= 11 is 6.39. The summed E-state index contributed by atoms with van der Waals surface area (Å²) in [5, 5.41) is 13.7. The predicted molar refractivity (Wildman–Crippen MR) is 101 cm³/mol. The average Bonchev–Trinajstić information content (AvgIpc) is 3.07. The summed E-state index contributed by atoms with van der Waals surface area (Å²) in [6.45, 7) is 2.45. The van der Waals surface area contributed by atoms with E-state index in [-0.39, 0.29) is 6.04 Å². The first-order valence-corrected chi connectivity index (χ1v) is 9.66. The fraction of sp³-hybridized carbons (Fsp3) is 0.611. The Morgan fingerprint density at radius 1 is 1.15 bits per heavy atom. The van der Waals surface area contributed by atoms with Crippen LogP contribution in [-0.2, 0) is 16.5 Å². The highest BCUT2D eigenvalue weighted by molar-refractivity contribution is 6.32. The smallest absolute Gasteiger partial charge is 0.223 e. The van der Waals surface area contributed by atoms with Gasteiger partial charge in [-0.15, -0.1) is 0 Å². The van der Waals surface area contributed by atoms with Crippen LogP contribution < -0.4 is 5.32 Å². The van der Waals surface area contributed by atoms with Crippen molar-refractivity contribution < 1.29 is 14.6 Å². The van der Waals surface area contributed by atoms with Gasteiger partial charge in [0.05, 0.1) is 41.9 Å². The molecule has 2 fully saturated rings. The molecule has 2 N–H and O–H groups in total. The number of hydrogen-bond donors (Lipinski definition) is 2. The number of nitrogens with one attached hydrogen (secondary N) is 1. The Morgan fingerprint density at radius 2 is 1.93 bits per heavy atom. The molecule has 2 aromatic heterocycles. The lowest BCUT2D eigenvalue weighted by molar-refractivity contribution is -0.0136. The second kappa shape index (κ2) is 8.10. The Balaban J connectivity index is 1.59. The number of anilines is 1. The Labute approximate surface area is 162 Å². The zero-order valence-electron chi connectivity index (χ0n) is 15.3. The van der Waals surface area contributed by atoms with E-state index >= 15 is 0 Å². The van der Waals surface area contributed by atoms with E-state index in [1.54, 1.807) is 6.20 Å². The number of ether oxygens (including phenoxy) is 2. The molecule has 2 aliphatic rings. The molecule has 2 aromatic rings. The summed E-state index contributed by atoms with van der Waals surface area (Å²) < 4.78 is 12.8. The lowest BCUT2D eigenvalue weighted by Crippen LogP contribution is -2.42. The zero-order valence-corrected chi connectivity index (χ0v) is 16.0. The minimum absolute atomic E-state index is 0.142. The molecular weight excluding hydrogens is 370 g/mol. The van der Waals surface area contributed by atoms with Gasteiger partial charge in [0.2, 0.25) is 5.95 Å². The van der Waals surface area contributed by atoms with Crippen LogP contribution in [0.3, 0.4) is 0 Å². The van der Waals surface area contributed by atoms with Gasteiger partial charge in [0.15, 0.2) is 0 Å². The van der Waals surface area contributed by atoms with Gasteiger partial charge in [0, 0.05) is 32.8 Å². The van der Waals surface area contributed by atoms with Crippen LogP contribution in [0, 0.1) is 0 Å². The lowest BCUT2D eigenvalue weighted by atomic mass is 9.99. The molecule has 4 heterocycles. The van der Waals surface area contributed by atoms with Crippen molar-refractivity contribution in [2.75, 3.05) is 31.7 Å². The molecule has 0 bridgehead atoms. The quantitative estimate of drug-likeness (QED) is 0.820. The van der Waals surface area contributed by atoms with Gasteiger partial charge in [0.1, 0.15) is 11.5 Å². The van der Waals surface area contributed by atoms with E-state index in [1.165, 1.54) is 0 Å². The second-order valence-corrected chi connectivity index (χ2v) is 7.43. The maximum atomic E-state index is 10.1. The molecular formula is C18H24ClN5O3. The van der Waals surface area contributed by atoms with E-state index in [2.05, 4.69) is 24.8 Å². The standard InChI is InChI=1S/C18H24ClN5O3/c1-24-14(9-20-17(24)11-2-5-26-6-3-11)16-12(19)8-21-18(23-16)22-13-4-7-27-10-15(13)25/h8-9,11,13,15,25H,2-7,10H2,1H3,(H,21,22,23)/t13-,15-/m1/s1. The number of aliphatic hydroxyl groups excluding tert-OH is 1. The first-order valence-electron chi connectivity index (χ1n) is 9.28. The lowest BCUT2D eigenvalue weighted by Gasteiger charge is -2.28. The van der Waals surface area contributed by atoms with E-state index in [0.29, 0.717) is 42.2 Å². The third-order valence-corrected chi connectivity index (χ3v) is 5.51. The van der Waals surface area contributed by atoms with Crippen molar-refractivity contribution in [3.63, 3.8) is 0 Å². The number of aliphatic hydroxyl groups is 1. The zero-order chi connectivity index (χ0) is 18.8. The molecule has 9 heteroatoms. The van der Waals surface area contributed by atoms with Gasteiger partial charge in [0.25, 0.3) is 0 Å². The summed E-state index contributed by atoms with van der Waals surface area (Å²) in [4.78, 5) is 13.5. The van der Waals surface area contributed by atoms with Gasteiger partial charge >= 0.3 is 0 Å². The van der Waals surface area contributed by atoms with Crippen molar-refractivity contribution >= 4 is 17.5 Å². The summed E-state index contributed by atoms with van der Waals surface area (Å²) in [7, 11) is 1.99. The number of nitrogens with zero attached hydrogens (tertiary/aromatic N) is 4. The molecule has 0 saturated carbocycles. The predicted octanol–water partition coefficient (Wildman–Crippen LogP) is 1.99. The van der Waals surface area contributed by atoms with Crippen LogP contribution in [0.4, 0.5) is 5.95 Å². The van der Waals surface area contributed by atoms with E-state index in [4.69, 9.17) is 21.1 Å². The van der Waals surface area contributed by atoms with Gasteiger partial charge in [-0.2, -0.15) is 0 Å². The molecule has 0 spiro atoms. The largest absolute Gasteiger partial charge is 0.389 e. The SMILES string of the molecule is Cn1c(-c2nc(N[C@@H]3CCOC[C@H]3O)ncc2Cl)cnc1C1CCOCC1. The molecule has 2 aliphatic heterocycles. The second-order valence-electron chi connectivity index (χ2n) is 7.02. The number of hydrogen-bond acceptors (Lipinski definition) is 7. The molecule has 0 unspecified atom stereocenters. The Morgan fingerprint density at radius 3 is 2.70 bits per heavy atom. The van der Waals surface area contributed by atoms with Crippen molar-refractivity contribution in [1.29, 1.82) is 0 Å². The highest BCUT2D eigenvalue weighted by Crippen LogP contribution is 2.31. The number of rotatable bonds is 4. The van der Waals surface area contributed by atoms with Crippen LogP contribution in [0.25, 0.3) is 11.4 Å². The van der Waals surface area contributed by atoms with E-state index in [1.807, 2.05) is 13.2 Å². The minimum Gasteiger partial charge on any atom is -0.389 e. The number of halogens is 1. The maximum absolute atomic E-state index is 10.1. The van der Waals surface area contributed by atoms with Gasteiger partial charge in [-0.25, -0.2) is 15.0 Å². The highest BCUT2D eigenvalue weighted by Gasteiger charge is 2.26. The van der Waals surface area contributed by atoms with Crippen LogP contribution >= 0.6 is 11.6 Å². The molecule has 8 nitrogen and oxygen atoms in total. The Hall–Kier alpha value is -1.74. The van der Waals surface area contributed by atoms with Crippen LogP contribution in [0.5, 0.6) is 0 Å². The van der Waals surface area contributed by atoms with Crippen molar-refractivity contribution in [2.45, 2.75) is 37.3 Å². The number of aromatic nitrogens is 4. The molecule has 4 rings (SSSR count). The Bertz CT molecular complexity index is 793. The van der Waals surface area contributed by atoms with E-state index in [0.717, 1.165) is 37.6 Å². The number of imidazole rings is 1. The van der Waals surface area contributed by atoms with Crippen LogP contribution in [0.1, 0.15) is 31.0 Å². The molecule has 0 amide bonds.